The number of halogens is 4. The third-order valence-electron chi connectivity index (χ3n) is 4.96. The maximum Gasteiger partial charge on any atom is 0.416 e. The lowest BCUT2D eigenvalue weighted by atomic mass is 10.0. The van der Waals surface area contributed by atoms with E-state index >= 15 is 0 Å². The second-order valence-electron chi connectivity index (χ2n) is 7.12. The largest absolute Gasteiger partial charge is 0.489 e. The van der Waals surface area contributed by atoms with Gasteiger partial charge in [0.05, 0.1) is 22.7 Å². The Morgan fingerprint density at radius 3 is 2.48 bits per heavy atom. The van der Waals surface area contributed by atoms with Gasteiger partial charge in [-0.15, -0.1) is 0 Å². The molecule has 0 unspecified atom stereocenters. The van der Waals surface area contributed by atoms with E-state index in [1.54, 1.807) is 25.1 Å². The van der Waals surface area contributed by atoms with Gasteiger partial charge in [-0.1, -0.05) is 24.3 Å². The van der Waals surface area contributed by atoms with Crippen LogP contribution in [0.3, 0.4) is 0 Å². The normalized spacial score (nSPS) is 14.2. The lowest BCUT2D eigenvalue weighted by Gasteiger charge is -2.31. The SMILES string of the molecule is Cc1ccc(-c2ccc3c(c2)N(S(=O)(=O)c2cccc(C(F)(F)F)c2)CCO3)c(F)c1. The summed E-state index contributed by atoms with van der Waals surface area (Å²) < 4.78 is 86.6. The van der Waals surface area contributed by atoms with Crippen molar-refractivity contribution >= 4 is 15.7 Å². The van der Waals surface area contributed by atoms with Crippen molar-refractivity contribution in [2.45, 2.75) is 18.0 Å². The Bertz CT molecular complexity index is 1260. The van der Waals surface area contributed by atoms with Gasteiger partial charge < -0.3 is 4.74 Å². The van der Waals surface area contributed by atoms with E-state index in [0.717, 1.165) is 28.1 Å². The molecule has 1 aliphatic rings. The number of alkyl halides is 3. The molecule has 9 heteroatoms. The fraction of sp³-hybridized carbons (Fsp3) is 0.182. The molecular weight excluding hydrogens is 434 g/mol. The molecule has 0 saturated carbocycles. The monoisotopic (exact) mass is 451 g/mol. The third kappa shape index (κ3) is 3.97. The first-order chi connectivity index (χ1) is 14.6. The summed E-state index contributed by atoms with van der Waals surface area (Å²) in [6.45, 7) is 1.69. The molecule has 0 N–H and O–H groups in total. The van der Waals surface area contributed by atoms with Gasteiger partial charge in [0, 0.05) is 5.56 Å². The number of hydrogen-bond acceptors (Lipinski definition) is 3. The Morgan fingerprint density at radius 1 is 1.00 bits per heavy atom. The van der Waals surface area contributed by atoms with Crippen LogP contribution in [0.15, 0.2) is 65.6 Å². The van der Waals surface area contributed by atoms with Crippen LogP contribution >= 0.6 is 0 Å². The Morgan fingerprint density at radius 2 is 1.77 bits per heavy atom. The van der Waals surface area contributed by atoms with Gasteiger partial charge in [-0.3, -0.25) is 4.31 Å². The van der Waals surface area contributed by atoms with Crippen molar-refractivity contribution in [3.63, 3.8) is 0 Å². The van der Waals surface area contributed by atoms with Gasteiger partial charge in [-0.25, -0.2) is 12.8 Å². The molecule has 0 bridgehead atoms. The van der Waals surface area contributed by atoms with E-state index in [2.05, 4.69) is 0 Å². The van der Waals surface area contributed by atoms with E-state index in [4.69, 9.17) is 4.74 Å². The Balaban J connectivity index is 1.80. The van der Waals surface area contributed by atoms with Crippen LogP contribution < -0.4 is 9.04 Å². The van der Waals surface area contributed by atoms with Gasteiger partial charge >= 0.3 is 6.18 Å². The van der Waals surface area contributed by atoms with E-state index in [1.165, 1.54) is 18.2 Å². The molecule has 0 saturated heterocycles. The van der Waals surface area contributed by atoms with Gasteiger partial charge in [-0.05, 0) is 54.4 Å². The molecule has 162 valence electrons. The lowest BCUT2D eigenvalue weighted by molar-refractivity contribution is -0.137. The van der Waals surface area contributed by atoms with E-state index in [1.807, 2.05) is 0 Å². The third-order valence-corrected chi connectivity index (χ3v) is 6.77. The van der Waals surface area contributed by atoms with Gasteiger partial charge in [0.25, 0.3) is 10.0 Å². The molecule has 1 aliphatic heterocycles. The fourth-order valence-corrected chi connectivity index (χ4v) is 4.92. The summed E-state index contributed by atoms with van der Waals surface area (Å²) in [5.41, 5.74) is 0.511. The highest BCUT2D eigenvalue weighted by molar-refractivity contribution is 7.92. The highest BCUT2D eigenvalue weighted by atomic mass is 32.2. The predicted molar refractivity (Wildman–Crippen MR) is 108 cm³/mol. The van der Waals surface area contributed by atoms with Crippen LogP contribution in [0.25, 0.3) is 11.1 Å². The zero-order chi connectivity index (χ0) is 22.4. The van der Waals surface area contributed by atoms with Gasteiger partial charge in [0.2, 0.25) is 0 Å². The molecule has 3 aromatic rings. The summed E-state index contributed by atoms with van der Waals surface area (Å²) in [4.78, 5) is -0.484. The molecule has 31 heavy (non-hydrogen) atoms. The van der Waals surface area contributed by atoms with Crippen LogP contribution in [0.4, 0.5) is 23.2 Å². The standard InChI is InChI=1S/C22H17F4NO3S/c1-14-5-7-18(19(23)11-14)15-6-8-21-20(12-15)27(9-10-30-21)31(28,29)17-4-2-3-16(13-17)22(24,25)26/h2-8,11-13H,9-10H2,1H3. The van der Waals surface area contributed by atoms with Crippen molar-refractivity contribution in [1.82, 2.24) is 0 Å². The number of benzene rings is 3. The minimum Gasteiger partial charge on any atom is -0.489 e. The van der Waals surface area contributed by atoms with Crippen molar-refractivity contribution in [3.8, 4) is 16.9 Å². The number of anilines is 1. The average molecular weight is 451 g/mol. The number of sulfonamides is 1. The summed E-state index contributed by atoms with van der Waals surface area (Å²) >= 11 is 0. The van der Waals surface area contributed by atoms with E-state index in [9.17, 15) is 26.0 Å². The smallest absolute Gasteiger partial charge is 0.416 e. The maximum atomic E-state index is 14.5. The number of rotatable bonds is 3. The molecule has 0 amide bonds. The molecule has 0 fully saturated rings. The van der Waals surface area contributed by atoms with E-state index in [0.29, 0.717) is 11.6 Å². The highest BCUT2D eigenvalue weighted by Gasteiger charge is 2.35. The van der Waals surface area contributed by atoms with Crippen LogP contribution in [-0.4, -0.2) is 21.6 Å². The van der Waals surface area contributed by atoms with Gasteiger partial charge in [-0.2, -0.15) is 13.2 Å². The maximum absolute atomic E-state index is 14.5. The van der Waals surface area contributed by atoms with E-state index < -0.39 is 32.5 Å². The zero-order valence-electron chi connectivity index (χ0n) is 16.3. The number of aryl methyl sites for hydroxylation is 1. The minimum absolute atomic E-state index is 0.0312. The van der Waals surface area contributed by atoms with Crippen LogP contribution in [-0.2, 0) is 16.2 Å². The van der Waals surface area contributed by atoms with Gasteiger partial charge in [0.15, 0.2) is 0 Å². The molecule has 3 aromatic carbocycles. The second kappa shape index (κ2) is 7.56. The zero-order valence-corrected chi connectivity index (χ0v) is 17.1. The predicted octanol–water partition coefficient (Wildman–Crippen LogP) is 5.41. The van der Waals surface area contributed by atoms with Crippen LogP contribution in [0.1, 0.15) is 11.1 Å². The van der Waals surface area contributed by atoms with Crippen molar-refractivity contribution in [3.05, 3.63) is 77.6 Å². The Labute approximate surface area is 176 Å². The van der Waals surface area contributed by atoms with Crippen LogP contribution in [0, 0.1) is 12.7 Å². The summed E-state index contributed by atoms with van der Waals surface area (Å²) in [7, 11) is -4.31. The average Bonchev–Trinajstić information content (AvgIpc) is 2.72. The van der Waals surface area contributed by atoms with Gasteiger partial charge in [0.1, 0.15) is 18.2 Å². The van der Waals surface area contributed by atoms with Crippen LogP contribution in [0.5, 0.6) is 5.75 Å². The topological polar surface area (TPSA) is 46.6 Å². The molecule has 0 atom stereocenters. The first-order valence-corrected chi connectivity index (χ1v) is 10.7. The van der Waals surface area contributed by atoms with Crippen molar-refractivity contribution < 1.29 is 30.7 Å². The summed E-state index contributed by atoms with van der Waals surface area (Å²) in [6.07, 6.45) is -4.68. The summed E-state index contributed by atoms with van der Waals surface area (Å²) in [5, 5.41) is 0. The summed E-state index contributed by atoms with van der Waals surface area (Å²) in [5.74, 6) is -0.220. The molecule has 0 aliphatic carbocycles. The fourth-order valence-electron chi connectivity index (χ4n) is 3.42. The number of hydrogen-bond donors (Lipinski definition) is 0. The first-order valence-electron chi connectivity index (χ1n) is 9.31. The Kier molecular flexibility index (Phi) is 5.17. The van der Waals surface area contributed by atoms with E-state index in [-0.39, 0.29) is 30.2 Å². The molecule has 4 nitrogen and oxygen atoms in total. The first kappa shape index (κ1) is 21.2. The Hall–Kier alpha value is -3.07. The lowest BCUT2D eigenvalue weighted by Crippen LogP contribution is -2.38. The molecule has 4 rings (SSSR count). The molecule has 1 heterocycles. The van der Waals surface area contributed by atoms with Crippen LogP contribution in [0.2, 0.25) is 0 Å². The number of nitrogens with zero attached hydrogens (tertiary/aromatic N) is 1. The molecule has 0 aromatic heterocycles. The van der Waals surface area contributed by atoms with Crippen molar-refractivity contribution in [2.24, 2.45) is 0 Å². The molecule has 0 spiro atoms. The quantitative estimate of drug-likeness (QED) is 0.501. The second-order valence-corrected chi connectivity index (χ2v) is 8.98. The van der Waals surface area contributed by atoms with Crippen molar-refractivity contribution in [2.75, 3.05) is 17.5 Å². The minimum atomic E-state index is -4.68. The number of ether oxygens (including phenoxy) is 1. The highest BCUT2D eigenvalue weighted by Crippen LogP contribution is 2.40. The summed E-state index contributed by atoms with van der Waals surface area (Å²) in [6, 6.07) is 12.9. The molecular formula is C22H17F4NO3S. The number of fused-ring (bicyclic) bond motifs is 1. The van der Waals surface area contributed by atoms with Crippen molar-refractivity contribution in [1.29, 1.82) is 0 Å². The molecule has 0 radical (unpaired) electrons.